The number of esters is 1. The van der Waals surface area contributed by atoms with Gasteiger partial charge in [-0.3, -0.25) is 9.52 Å². The highest BCUT2D eigenvalue weighted by atomic mass is 35.5. The van der Waals surface area contributed by atoms with E-state index in [1.807, 2.05) is 6.07 Å². The van der Waals surface area contributed by atoms with Crippen molar-refractivity contribution < 1.29 is 17.9 Å². The van der Waals surface area contributed by atoms with Crippen molar-refractivity contribution in [2.45, 2.75) is 0 Å². The molecule has 0 heterocycles. The summed E-state index contributed by atoms with van der Waals surface area (Å²) in [5.41, 5.74) is 0.287. The third-order valence-corrected chi connectivity index (χ3v) is 3.37. The number of nitrogens with zero attached hydrogens (tertiary/aromatic N) is 1. The van der Waals surface area contributed by atoms with Crippen molar-refractivity contribution in [3.05, 3.63) is 28.8 Å². The van der Waals surface area contributed by atoms with Gasteiger partial charge in [-0.25, -0.2) is 8.42 Å². The number of nitrogens with one attached hydrogen (secondary N) is 1. The molecule has 1 aromatic rings. The van der Waals surface area contributed by atoms with Crippen molar-refractivity contribution in [2.24, 2.45) is 0 Å². The van der Waals surface area contributed by atoms with Crippen LogP contribution in [0.4, 0.5) is 5.69 Å². The minimum absolute atomic E-state index is 0.0413. The first-order valence-corrected chi connectivity index (χ1v) is 6.68. The lowest BCUT2D eigenvalue weighted by atomic mass is 10.2. The van der Waals surface area contributed by atoms with E-state index in [-0.39, 0.29) is 16.3 Å². The monoisotopic (exact) mass is 288 g/mol. The predicted octanol–water partition coefficient (Wildman–Crippen LogP) is 1.13. The number of sulfonamides is 1. The Morgan fingerprint density at radius 3 is 2.78 bits per heavy atom. The summed E-state index contributed by atoms with van der Waals surface area (Å²) in [6, 6.07) is 5.95. The molecule has 0 amide bonds. The number of ether oxygens (including phenoxy) is 1. The maximum atomic E-state index is 11.6. The van der Waals surface area contributed by atoms with Crippen LogP contribution in [0.25, 0.3) is 0 Å². The number of carbonyl (C=O) groups excluding carboxylic acids is 1. The molecule has 0 radical (unpaired) electrons. The van der Waals surface area contributed by atoms with E-state index in [2.05, 4.69) is 9.46 Å². The highest BCUT2D eigenvalue weighted by Crippen LogP contribution is 2.23. The van der Waals surface area contributed by atoms with Gasteiger partial charge in [0.05, 0.1) is 29.5 Å². The number of anilines is 1. The summed E-state index contributed by atoms with van der Waals surface area (Å²) < 4.78 is 29.5. The van der Waals surface area contributed by atoms with Crippen LogP contribution >= 0.6 is 11.6 Å². The zero-order valence-corrected chi connectivity index (χ0v) is 10.9. The number of benzene rings is 1. The lowest BCUT2D eigenvalue weighted by Crippen LogP contribution is -2.23. The normalized spacial score (nSPS) is 10.5. The van der Waals surface area contributed by atoms with Crippen LogP contribution in [0.3, 0.4) is 0 Å². The summed E-state index contributed by atoms with van der Waals surface area (Å²) in [5, 5.41) is 8.82. The van der Waals surface area contributed by atoms with E-state index < -0.39 is 21.7 Å². The average Bonchev–Trinajstić information content (AvgIpc) is 2.31. The van der Waals surface area contributed by atoms with Crippen LogP contribution in [0, 0.1) is 11.3 Å². The second-order valence-corrected chi connectivity index (χ2v) is 5.37. The third kappa shape index (κ3) is 3.91. The largest absolute Gasteiger partial charge is 0.468 e. The summed E-state index contributed by atoms with van der Waals surface area (Å²) in [4.78, 5) is 10.9. The Morgan fingerprint density at radius 1 is 1.56 bits per heavy atom. The molecule has 1 N–H and O–H groups in total. The van der Waals surface area contributed by atoms with Gasteiger partial charge in [0, 0.05) is 0 Å². The SMILES string of the molecule is COC(=O)CS(=O)(=O)Nc1cc(C#N)ccc1Cl. The fourth-order valence-corrected chi connectivity index (χ4v) is 2.32. The van der Waals surface area contributed by atoms with E-state index in [0.717, 1.165) is 7.11 Å². The molecule has 0 atom stereocenters. The minimum atomic E-state index is -3.91. The molecule has 0 saturated carbocycles. The molecule has 0 aromatic heterocycles. The Kier molecular flexibility index (Phi) is 4.53. The van der Waals surface area contributed by atoms with Gasteiger partial charge >= 0.3 is 5.97 Å². The zero-order chi connectivity index (χ0) is 13.8. The van der Waals surface area contributed by atoms with E-state index in [9.17, 15) is 13.2 Å². The van der Waals surface area contributed by atoms with Crippen LogP contribution in [0.15, 0.2) is 18.2 Å². The molecule has 0 aliphatic carbocycles. The average molecular weight is 289 g/mol. The highest BCUT2D eigenvalue weighted by molar-refractivity contribution is 7.93. The molecule has 0 bridgehead atoms. The first-order chi connectivity index (χ1) is 8.38. The number of hydrogen-bond acceptors (Lipinski definition) is 5. The number of nitriles is 1. The van der Waals surface area contributed by atoms with Gasteiger partial charge < -0.3 is 4.74 Å². The Balaban J connectivity index is 2.97. The van der Waals surface area contributed by atoms with Crippen LogP contribution < -0.4 is 4.72 Å². The van der Waals surface area contributed by atoms with Crippen molar-refractivity contribution in [1.82, 2.24) is 0 Å². The minimum Gasteiger partial charge on any atom is -0.468 e. The van der Waals surface area contributed by atoms with Gasteiger partial charge in [-0.2, -0.15) is 5.26 Å². The number of carbonyl (C=O) groups is 1. The topological polar surface area (TPSA) is 96.3 Å². The van der Waals surface area contributed by atoms with Crippen LogP contribution in [-0.2, 0) is 19.6 Å². The van der Waals surface area contributed by atoms with Crippen molar-refractivity contribution in [1.29, 1.82) is 5.26 Å². The molecule has 0 aliphatic rings. The molecule has 96 valence electrons. The molecular weight excluding hydrogens is 280 g/mol. The predicted molar refractivity (Wildman–Crippen MR) is 65.6 cm³/mol. The molecule has 0 saturated heterocycles. The fourth-order valence-electron chi connectivity index (χ4n) is 1.09. The standard InChI is InChI=1S/C10H9ClN2O4S/c1-17-10(14)6-18(15,16)13-9-4-7(5-12)2-3-8(9)11/h2-4,13H,6H2,1H3. The van der Waals surface area contributed by atoms with Gasteiger partial charge in [0.15, 0.2) is 5.75 Å². The number of hydrogen-bond donors (Lipinski definition) is 1. The molecule has 0 aliphatic heterocycles. The quantitative estimate of drug-likeness (QED) is 0.838. The summed E-state index contributed by atoms with van der Waals surface area (Å²) >= 11 is 5.78. The maximum Gasteiger partial charge on any atom is 0.322 e. The molecular formula is C10H9ClN2O4S. The molecule has 0 unspecified atom stereocenters. The lowest BCUT2D eigenvalue weighted by Gasteiger charge is -2.08. The Hall–Kier alpha value is -1.78. The van der Waals surface area contributed by atoms with E-state index in [1.165, 1.54) is 18.2 Å². The summed E-state index contributed by atoms with van der Waals surface area (Å²) in [6.45, 7) is 0. The van der Waals surface area contributed by atoms with Gasteiger partial charge in [0.1, 0.15) is 0 Å². The summed E-state index contributed by atoms with van der Waals surface area (Å²) in [5.74, 6) is -1.72. The molecule has 0 spiro atoms. The summed E-state index contributed by atoms with van der Waals surface area (Å²) in [6.07, 6.45) is 0. The zero-order valence-electron chi connectivity index (χ0n) is 9.31. The van der Waals surface area contributed by atoms with Crippen LogP contribution in [0.5, 0.6) is 0 Å². The fraction of sp³-hybridized carbons (Fsp3) is 0.200. The van der Waals surface area contributed by atoms with Crippen LogP contribution in [0.2, 0.25) is 5.02 Å². The molecule has 18 heavy (non-hydrogen) atoms. The van der Waals surface area contributed by atoms with E-state index >= 15 is 0 Å². The van der Waals surface area contributed by atoms with Gasteiger partial charge in [0.25, 0.3) is 0 Å². The number of rotatable bonds is 4. The van der Waals surface area contributed by atoms with Crippen molar-refractivity contribution in [3.8, 4) is 6.07 Å². The van der Waals surface area contributed by atoms with Crippen molar-refractivity contribution in [2.75, 3.05) is 17.6 Å². The number of halogens is 1. The third-order valence-electron chi connectivity index (χ3n) is 1.90. The Labute approximate surface area is 109 Å². The van der Waals surface area contributed by atoms with Crippen molar-refractivity contribution >= 4 is 33.3 Å². The van der Waals surface area contributed by atoms with E-state index in [0.29, 0.717) is 0 Å². The van der Waals surface area contributed by atoms with Crippen LogP contribution in [0.1, 0.15) is 5.56 Å². The van der Waals surface area contributed by atoms with Crippen LogP contribution in [-0.4, -0.2) is 27.2 Å². The first-order valence-electron chi connectivity index (χ1n) is 4.65. The smallest absolute Gasteiger partial charge is 0.322 e. The summed E-state index contributed by atoms with van der Waals surface area (Å²) in [7, 11) is -2.83. The molecule has 0 fully saturated rings. The maximum absolute atomic E-state index is 11.6. The second kappa shape index (κ2) is 5.71. The van der Waals surface area contributed by atoms with Gasteiger partial charge in [-0.1, -0.05) is 11.6 Å². The van der Waals surface area contributed by atoms with Gasteiger partial charge in [-0.15, -0.1) is 0 Å². The van der Waals surface area contributed by atoms with Gasteiger partial charge in [0.2, 0.25) is 10.0 Å². The second-order valence-electron chi connectivity index (χ2n) is 3.24. The van der Waals surface area contributed by atoms with Crippen molar-refractivity contribution in [3.63, 3.8) is 0 Å². The highest BCUT2D eigenvalue weighted by Gasteiger charge is 2.18. The lowest BCUT2D eigenvalue weighted by molar-refractivity contribution is -0.137. The molecule has 1 rings (SSSR count). The molecule has 8 heteroatoms. The molecule has 1 aromatic carbocycles. The number of methoxy groups -OCH3 is 1. The first kappa shape index (κ1) is 14.3. The Bertz CT molecular complexity index is 607. The van der Waals surface area contributed by atoms with Gasteiger partial charge in [-0.05, 0) is 18.2 Å². The Morgan fingerprint density at radius 2 is 2.22 bits per heavy atom. The molecule has 6 nitrogen and oxygen atoms in total. The van der Waals surface area contributed by atoms with E-state index in [1.54, 1.807) is 0 Å². The van der Waals surface area contributed by atoms with E-state index in [4.69, 9.17) is 16.9 Å².